The third-order valence-electron chi connectivity index (χ3n) is 2.64. The normalized spacial score (nSPS) is 10.7. The molecule has 0 aliphatic heterocycles. The van der Waals surface area contributed by atoms with Crippen molar-refractivity contribution >= 4 is 23.2 Å². The van der Waals surface area contributed by atoms with Gasteiger partial charge >= 0.3 is 0 Å². The smallest absolute Gasteiger partial charge is 0.131 e. The van der Waals surface area contributed by atoms with E-state index in [4.69, 9.17) is 23.2 Å². The lowest BCUT2D eigenvalue weighted by Crippen LogP contribution is -2.05. The molecule has 94 valence electrons. The molecule has 0 fully saturated rings. The number of benzene rings is 2. The van der Waals surface area contributed by atoms with Gasteiger partial charge in [0.25, 0.3) is 0 Å². The van der Waals surface area contributed by atoms with Crippen LogP contribution in [0.4, 0.5) is 4.39 Å². The maximum Gasteiger partial charge on any atom is 0.131 e. The highest BCUT2D eigenvalue weighted by Gasteiger charge is 2.08. The molecule has 0 saturated heterocycles. The van der Waals surface area contributed by atoms with Gasteiger partial charge in [0, 0.05) is 12.1 Å². The zero-order valence-corrected chi connectivity index (χ0v) is 11.3. The van der Waals surface area contributed by atoms with Crippen molar-refractivity contribution in [3.05, 3.63) is 57.8 Å². The van der Waals surface area contributed by atoms with E-state index in [0.29, 0.717) is 22.2 Å². The molecule has 2 aromatic carbocycles. The summed E-state index contributed by atoms with van der Waals surface area (Å²) in [5.74, 6) is -0.270. The lowest BCUT2D eigenvalue weighted by atomic mass is 10.0. The summed E-state index contributed by atoms with van der Waals surface area (Å²) >= 11 is 11.8. The Balaban J connectivity index is 2.48. The van der Waals surface area contributed by atoms with Gasteiger partial charge < -0.3 is 5.32 Å². The minimum absolute atomic E-state index is 0.270. The van der Waals surface area contributed by atoms with E-state index in [-0.39, 0.29) is 5.82 Å². The van der Waals surface area contributed by atoms with E-state index in [0.717, 1.165) is 11.1 Å². The van der Waals surface area contributed by atoms with E-state index in [1.165, 1.54) is 6.07 Å². The van der Waals surface area contributed by atoms with Crippen molar-refractivity contribution in [3.8, 4) is 11.1 Å². The van der Waals surface area contributed by atoms with Crippen molar-refractivity contribution in [2.75, 3.05) is 7.05 Å². The molecule has 0 aliphatic rings. The SMILES string of the molecule is CNCc1ccc(F)c(-c2ccc(Cl)c(Cl)c2)c1. The maximum absolute atomic E-state index is 13.8. The van der Waals surface area contributed by atoms with E-state index in [9.17, 15) is 4.39 Å². The van der Waals surface area contributed by atoms with Crippen LogP contribution < -0.4 is 5.32 Å². The molecule has 0 amide bonds. The van der Waals surface area contributed by atoms with E-state index in [2.05, 4.69) is 5.32 Å². The first-order valence-electron chi connectivity index (χ1n) is 5.50. The van der Waals surface area contributed by atoms with Crippen LogP contribution in [0.3, 0.4) is 0 Å². The maximum atomic E-state index is 13.8. The molecule has 1 nitrogen and oxygen atoms in total. The minimum atomic E-state index is -0.270. The Kier molecular flexibility index (Phi) is 4.23. The van der Waals surface area contributed by atoms with Gasteiger partial charge in [-0.25, -0.2) is 4.39 Å². The van der Waals surface area contributed by atoms with Crippen LogP contribution in [0.1, 0.15) is 5.56 Å². The number of nitrogens with one attached hydrogen (secondary N) is 1. The van der Waals surface area contributed by atoms with Gasteiger partial charge in [-0.15, -0.1) is 0 Å². The average Bonchev–Trinajstić information content (AvgIpc) is 2.35. The van der Waals surface area contributed by atoms with Gasteiger partial charge in [0.15, 0.2) is 0 Å². The first kappa shape index (κ1) is 13.3. The Morgan fingerprint density at radius 3 is 2.50 bits per heavy atom. The van der Waals surface area contributed by atoms with Gasteiger partial charge in [0.05, 0.1) is 10.0 Å². The van der Waals surface area contributed by atoms with Gasteiger partial charge in [-0.2, -0.15) is 0 Å². The van der Waals surface area contributed by atoms with Gasteiger partial charge in [0.1, 0.15) is 5.82 Å². The first-order valence-corrected chi connectivity index (χ1v) is 6.26. The number of hydrogen-bond donors (Lipinski definition) is 1. The third-order valence-corrected chi connectivity index (χ3v) is 3.38. The molecule has 2 rings (SSSR count). The van der Waals surface area contributed by atoms with Crippen molar-refractivity contribution in [2.24, 2.45) is 0 Å². The van der Waals surface area contributed by atoms with Crippen molar-refractivity contribution in [2.45, 2.75) is 6.54 Å². The summed E-state index contributed by atoms with van der Waals surface area (Å²) in [7, 11) is 1.85. The zero-order chi connectivity index (χ0) is 13.1. The molecule has 18 heavy (non-hydrogen) atoms. The highest BCUT2D eigenvalue weighted by atomic mass is 35.5. The van der Waals surface area contributed by atoms with E-state index in [1.807, 2.05) is 13.1 Å². The van der Waals surface area contributed by atoms with E-state index < -0.39 is 0 Å². The highest BCUT2D eigenvalue weighted by Crippen LogP contribution is 2.30. The van der Waals surface area contributed by atoms with Crippen molar-refractivity contribution in [1.82, 2.24) is 5.32 Å². The van der Waals surface area contributed by atoms with Crippen LogP contribution in [0.2, 0.25) is 10.0 Å². The molecule has 0 atom stereocenters. The Morgan fingerprint density at radius 2 is 1.83 bits per heavy atom. The Labute approximate surface area is 116 Å². The van der Waals surface area contributed by atoms with Crippen LogP contribution in [0.25, 0.3) is 11.1 Å². The fourth-order valence-corrected chi connectivity index (χ4v) is 2.07. The Bertz CT molecular complexity index is 570. The fourth-order valence-electron chi connectivity index (χ4n) is 1.77. The zero-order valence-electron chi connectivity index (χ0n) is 9.81. The third kappa shape index (κ3) is 2.83. The number of rotatable bonds is 3. The molecular formula is C14H12Cl2FN. The van der Waals surface area contributed by atoms with Gasteiger partial charge in [-0.1, -0.05) is 35.3 Å². The lowest BCUT2D eigenvalue weighted by molar-refractivity contribution is 0.630. The fraction of sp³-hybridized carbons (Fsp3) is 0.143. The minimum Gasteiger partial charge on any atom is -0.316 e. The molecule has 0 heterocycles. The Morgan fingerprint density at radius 1 is 1.06 bits per heavy atom. The molecule has 0 spiro atoms. The van der Waals surface area contributed by atoms with Crippen LogP contribution in [0, 0.1) is 5.82 Å². The second-order valence-corrected chi connectivity index (χ2v) is 4.79. The summed E-state index contributed by atoms with van der Waals surface area (Å²) in [6.07, 6.45) is 0. The molecular weight excluding hydrogens is 272 g/mol. The summed E-state index contributed by atoms with van der Waals surface area (Å²) in [6, 6.07) is 10.1. The largest absolute Gasteiger partial charge is 0.316 e. The second kappa shape index (κ2) is 5.70. The molecule has 2 aromatic rings. The lowest BCUT2D eigenvalue weighted by Gasteiger charge is -2.08. The van der Waals surface area contributed by atoms with Crippen molar-refractivity contribution in [1.29, 1.82) is 0 Å². The summed E-state index contributed by atoms with van der Waals surface area (Å²) in [4.78, 5) is 0. The standard InChI is InChI=1S/C14H12Cl2FN/c1-18-8-9-2-5-14(17)11(6-9)10-3-4-12(15)13(16)7-10/h2-7,18H,8H2,1H3. The van der Waals surface area contributed by atoms with Crippen LogP contribution in [0.15, 0.2) is 36.4 Å². The molecule has 1 N–H and O–H groups in total. The topological polar surface area (TPSA) is 12.0 Å². The Hall–Kier alpha value is -1.09. The average molecular weight is 284 g/mol. The predicted octanol–water partition coefficient (Wildman–Crippen LogP) is 4.52. The summed E-state index contributed by atoms with van der Waals surface area (Å²) in [5.41, 5.74) is 2.26. The number of hydrogen-bond acceptors (Lipinski definition) is 1. The first-order chi connectivity index (χ1) is 8.61. The van der Waals surface area contributed by atoms with E-state index in [1.54, 1.807) is 24.3 Å². The van der Waals surface area contributed by atoms with Gasteiger partial charge in [-0.3, -0.25) is 0 Å². The van der Waals surface area contributed by atoms with Crippen molar-refractivity contribution in [3.63, 3.8) is 0 Å². The summed E-state index contributed by atoms with van der Waals surface area (Å²) in [5, 5.41) is 3.92. The molecule has 0 saturated carbocycles. The quantitative estimate of drug-likeness (QED) is 0.873. The predicted molar refractivity (Wildman–Crippen MR) is 74.6 cm³/mol. The summed E-state index contributed by atoms with van der Waals surface area (Å²) < 4.78 is 13.8. The molecule has 4 heteroatoms. The monoisotopic (exact) mass is 283 g/mol. The summed E-state index contributed by atoms with van der Waals surface area (Å²) in [6.45, 7) is 0.689. The van der Waals surface area contributed by atoms with Crippen LogP contribution in [0.5, 0.6) is 0 Å². The molecule has 0 bridgehead atoms. The molecule has 0 aromatic heterocycles. The highest BCUT2D eigenvalue weighted by molar-refractivity contribution is 6.42. The van der Waals surface area contributed by atoms with Crippen molar-refractivity contribution < 1.29 is 4.39 Å². The van der Waals surface area contributed by atoms with Gasteiger partial charge in [0.2, 0.25) is 0 Å². The van der Waals surface area contributed by atoms with Gasteiger partial charge in [-0.05, 0) is 42.4 Å². The second-order valence-electron chi connectivity index (χ2n) is 3.97. The van der Waals surface area contributed by atoms with Crippen LogP contribution in [-0.4, -0.2) is 7.05 Å². The molecule has 0 unspecified atom stereocenters. The van der Waals surface area contributed by atoms with Crippen LogP contribution >= 0.6 is 23.2 Å². The molecule has 0 aliphatic carbocycles. The van der Waals surface area contributed by atoms with Crippen LogP contribution in [-0.2, 0) is 6.54 Å². The van der Waals surface area contributed by atoms with E-state index >= 15 is 0 Å². The molecule has 0 radical (unpaired) electrons. The number of halogens is 3.